The van der Waals surface area contributed by atoms with Crippen LogP contribution in [0.3, 0.4) is 0 Å². The van der Waals surface area contributed by atoms with E-state index in [-0.39, 0.29) is 10.8 Å². The van der Waals surface area contributed by atoms with Gasteiger partial charge in [-0.3, -0.25) is 0 Å². The Labute approximate surface area is 136 Å². The lowest BCUT2D eigenvalue weighted by atomic mass is 9.86. The second-order valence-electron chi connectivity index (χ2n) is 7.48. The minimum Gasteiger partial charge on any atom is -0.232 e. The van der Waals surface area contributed by atoms with E-state index in [9.17, 15) is 0 Å². The molecule has 0 aliphatic rings. The number of hydrogen-bond acceptors (Lipinski definition) is 2. The third-order valence-corrected chi connectivity index (χ3v) is 3.82. The molecule has 3 heteroatoms. The van der Waals surface area contributed by atoms with Gasteiger partial charge in [0.15, 0.2) is 0 Å². The molecule has 21 heavy (non-hydrogen) atoms. The van der Waals surface area contributed by atoms with E-state index in [1.165, 1.54) is 5.56 Å². The molecule has 1 heterocycles. The van der Waals surface area contributed by atoms with Crippen LogP contribution in [0.5, 0.6) is 0 Å². The monoisotopic (exact) mass is 346 g/mol. The predicted octanol–water partition coefficient (Wildman–Crippen LogP) is 5.50. The Morgan fingerprint density at radius 1 is 0.810 bits per heavy atom. The quantitative estimate of drug-likeness (QED) is 0.637. The molecule has 0 aliphatic heterocycles. The SMILES string of the molecule is CC(C)(C)c1ccc(-c2cc(Br)nc(C(C)(C)C)n2)cc1. The highest BCUT2D eigenvalue weighted by Gasteiger charge is 2.19. The van der Waals surface area contributed by atoms with E-state index in [1.54, 1.807) is 0 Å². The van der Waals surface area contributed by atoms with E-state index < -0.39 is 0 Å². The zero-order chi connectivity index (χ0) is 15.8. The fraction of sp³-hybridized carbons (Fsp3) is 0.444. The first-order chi connectivity index (χ1) is 9.57. The van der Waals surface area contributed by atoms with E-state index in [0.717, 1.165) is 21.7 Å². The van der Waals surface area contributed by atoms with Gasteiger partial charge in [0.1, 0.15) is 10.4 Å². The Hall–Kier alpha value is -1.22. The van der Waals surface area contributed by atoms with Crippen LogP contribution in [0.2, 0.25) is 0 Å². The standard InChI is InChI=1S/C18H23BrN2/c1-17(2,3)13-9-7-12(8-10-13)14-11-15(19)21-16(20-14)18(4,5)6/h7-11H,1-6H3. The number of aromatic nitrogens is 2. The summed E-state index contributed by atoms with van der Waals surface area (Å²) < 4.78 is 0.831. The van der Waals surface area contributed by atoms with Gasteiger partial charge in [0.25, 0.3) is 0 Å². The Balaban J connectivity index is 2.45. The van der Waals surface area contributed by atoms with Crippen LogP contribution in [0.1, 0.15) is 52.9 Å². The Morgan fingerprint density at radius 2 is 1.38 bits per heavy atom. The molecule has 2 nitrogen and oxygen atoms in total. The molecule has 1 aromatic heterocycles. The molecule has 0 atom stereocenters. The highest BCUT2D eigenvalue weighted by molar-refractivity contribution is 9.10. The average molecular weight is 347 g/mol. The van der Waals surface area contributed by atoms with Gasteiger partial charge in [0.05, 0.1) is 5.69 Å². The van der Waals surface area contributed by atoms with Gasteiger partial charge < -0.3 is 0 Å². The molecular formula is C18H23BrN2. The molecule has 0 N–H and O–H groups in total. The maximum Gasteiger partial charge on any atom is 0.135 e. The van der Waals surface area contributed by atoms with Crippen molar-refractivity contribution in [3.63, 3.8) is 0 Å². The molecule has 0 radical (unpaired) electrons. The van der Waals surface area contributed by atoms with Gasteiger partial charge in [-0.1, -0.05) is 65.8 Å². The summed E-state index contributed by atoms with van der Waals surface area (Å²) in [6.45, 7) is 13.0. The summed E-state index contributed by atoms with van der Waals surface area (Å²) in [5.74, 6) is 0.853. The van der Waals surface area contributed by atoms with Crippen molar-refractivity contribution in [2.24, 2.45) is 0 Å². The molecule has 0 unspecified atom stereocenters. The van der Waals surface area contributed by atoms with Crippen LogP contribution >= 0.6 is 15.9 Å². The third kappa shape index (κ3) is 3.91. The number of nitrogens with zero attached hydrogens (tertiary/aromatic N) is 2. The fourth-order valence-corrected chi connectivity index (χ4v) is 2.43. The molecule has 2 aromatic rings. The van der Waals surface area contributed by atoms with Crippen molar-refractivity contribution >= 4 is 15.9 Å². The van der Waals surface area contributed by atoms with E-state index >= 15 is 0 Å². The Kier molecular flexibility index (Phi) is 4.25. The normalized spacial score (nSPS) is 12.5. The highest BCUT2D eigenvalue weighted by atomic mass is 79.9. The lowest BCUT2D eigenvalue weighted by Gasteiger charge is -2.20. The van der Waals surface area contributed by atoms with Crippen molar-refractivity contribution in [3.05, 3.63) is 46.3 Å². The van der Waals surface area contributed by atoms with Crippen LogP contribution in [0, 0.1) is 0 Å². The van der Waals surface area contributed by atoms with Gasteiger partial charge in [-0.15, -0.1) is 0 Å². The fourth-order valence-electron chi connectivity index (χ4n) is 2.04. The van der Waals surface area contributed by atoms with Crippen LogP contribution in [0.4, 0.5) is 0 Å². The van der Waals surface area contributed by atoms with E-state index in [0.29, 0.717) is 0 Å². The first-order valence-corrected chi connectivity index (χ1v) is 8.03. The van der Waals surface area contributed by atoms with Gasteiger partial charge in [0, 0.05) is 11.0 Å². The van der Waals surface area contributed by atoms with Crippen molar-refractivity contribution in [3.8, 4) is 11.3 Å². The van der Waals surface area contributed by atoms with Crippen LogP contribution in [-0.4, -0.2) is 9.97 Å². The van der Waals surface area contributed by atoms with Gasteiger partial charge in [0.2, 0.25) is 0 Å². The summed E-state index contributed by atoms with van der Waals surface area (Å²) in [6, 6.07) is 10.6. The molecule has 0 saturated heterocycles. The van der Waals surface area contributed by atoms with Crippen LogP contribution < -0.4 is 0 Å². The van der Waals surface area contributed by atoms with Gasteiger partial charge >= 0.3 is 0 Å². The molecule has 0 amide bonds. The molecule has 0 saturated carbocycles. The topological polar surface area (TPSA) is 25.8 Å². The number of hydrogen-bond donors (Lipinski definition) is 0. The molecule has 0 spiro atoms. The Morgan fingerprint density at radius 3 is 1.86 bits per heavy atom. The molecule has 0 aliphatic carbocycles. The molecular weight excluding hydrogens is 324 g/mol. The largest absolute Gasteiger partial charge is 0.232 e. The van der Waals surface area contributed by atoms with Crippen LogP contribution in [0.15, 0.2) is 34.9 Å². The smallest absolute Gasteiger partial charge is 0.135 e. The van der Waals surface area contributed by atoms with Gasteiger partial charge in [-0.25, -0.2) is 9.97 Å². The van der Waals surface area contributed by atoms with Crippen LogP contribution in [-0.2, 0) is 10.8 Å². The number of rotatable bonds is 1. The van der Waals surface area contributed by atoms with Crippen molar-refractivity contribution in [2.45, 2.75) is 52.4 Å². The first kappa shape index (κ1) is 16.2. The maximum atomic E-state index is 4.73. The zero-order valence-corrected chi connectivity index (χ0v) is 15.2. The van der Waals surface area contributed by atoms with Gasteiger partial charge in [-0.2, -0.15) is 0 Å². The summed E-state index contributed by atoms with van der Waals surface area (Å²) in [5.41, 5.74) is 3.51. The van der Waals surface area contributed by atoms with Crippen molar-refractivity contribution in [2.75, 3.05) is 0 Å². The summed E-state index contributed by atoms with van der Waals surface area (Å²) >= 11 is 3.50. The second-order valence-corrected chi connectivity index (χ2v) is 8.29. The zero-order valence-electron chi connectivity index (χ0n) is 13.7. The van der Waals surface area contributed by atoms with Crippen molar-refractivity contribution in [1.29, 1.82) is 0 Å². The Bertz CT molecular complexity index is 632. The number of halogens is 1. The summed E-state index contributed by atoms with van der Waals surface area (Å²) in [6.07, 6.45) is 0. The average Bonchev–Trinajstić information content (AvgIpc) is 2.36. The van der Waals surface area contributed by atoms with E-state index in [1.807, 2.05) is 6.07 Å². The summed E-state index contributed by atoms with van der Waals surface area (Å²) in [7, 11) is 0. The van der Waals surface area contributed by atoms with Crippen molar-refractivity contribution in [1.82, 2.24) is 9.97 Å². The third-order valence-electron chi connectivity index (χ3n) is 3.41. The first-order valence-electron chi connectivity index (χ1n) is 7.23. The summed E-state index contributed by atoms with van der Waals surface area (Å²) in [4.78, 5) is 9.22. The van der Waals surface area contributed by atoms with E-state index in [4.69, 9.17) is 4.98 Å². The molecule has 2 rings (SSSR count). The number of benzene rings is 1. The lowest BCUT2D eigenvalue weighted by molar-refractivity contribution is 0.544. The predicted molar refractivity (Wildman–Crippen MR) is 92.6 cm³/mol. The highest BCUT2D eigenvalue weighted by Crippen LogP contribution is 2.28. The minimum absolute atomic E-state index is 0.0656. The van der Waals surface area contributed by atoms with Crippen LogP contribution in [0.25, 0.3) is 11.3 Å². The minimum atomic E-state index is -0.0656. The summed E-state index contributed by atoms with van der Waals surface area (Å²) in [5, 5.41) is 0. The molecule has 0 fully saturated rings. The molecule has 0 bridgehead atoms. The van der Waals surface area contributed by atoms with E-state index in [2.05, 4.69) is 86.7 Å². The second kappa shape index (κ2) is 5.53. The van der Waals surface area contributed by atoms with Gasteiger partial charge in [-0.05, 0) is 33.0 Å². The van der Waals surface area contributed by atoms with Crippen molar-refractivity contribution < 1.29 is 0 Å². The maximum absolute atomic E-state index is 4.73. The molecule has 112 valence electrons. The lowest BCUT2D eigenvalue weighted by Crippen LogP contribution is -2.16. The molecule has 1 aromatic carbocycles.